The summed E-state index contributed by atoms with van der Waals surface area (Å²) in [5.74, 6) is 0.703. The lowest BCUT2D eigenvalue weighted by Crippen LogP contribution is -1.96. The molecule has 0 aliphatic rings. The molecule has 0 aromatic heterocycles. The molecule has 0 spiro atoms. The Bertz CT molecular complexity index is 747. The van der Waals surface area contributed by atoms with Gasteiger partial charge in [0.1, 0.15) is 11.5 Å². The number of hydrogen-bond donors (Lipinski definition) is 2. The normalized spacial score (nSPS) is 11.6. The maximum Gasteiger partial charge on any atom is 0.133 e. The summed E-state index contributed by atoms with van der Waals surface area (Å²) in [6.45, 7) is 11.8. The van der Waals surface area contributed by atoms with Gasteiger partial charge in [-0.25, -0.2) is 0 Å². The summed E-state index contributed by atoms with van der Waals surface area (Å²) < 4.78 is 0. The topological polar surface area (TPSA) is 40.5 Å². The van der Waals surface area contributed by atoms with Gasteiger partial charge in [-0.3, -0.25) is 0 Å². The zero-order valence-corrected chi connectivity index (χ0v) is 17.7. The lowest BCUT2D eigenvalue weighted by Gasteiger charge is -2.20. The standard InChI is InChI=1S/C20H24Cl2O2S/c1-9(2)13-7-15(21)11(5)19(17(13)23)25-20-12(6)16(22)8-14(10(3)4)18(20)24/h7-10,23-24H,1-6H3. The minimum absolute atomic E-state index is 0.137. The average molecular weight is 399 g/mol. The van der Waals surface area contributed by atoms with E-state index in [2.05, 4.69) is 0 Å². The molecule has 0 amide bonds. The third-order valence-corrected chi connectivity index (χ3v) is 6.58. The van der Waals surface area contributed by atoms with E-state index in [-0.39, 0.29) is 23.3 Å². The van der Waals surface area contributed by atoms with Gasteiger partial charge in [-0.2, -0.15) is 0 Å². The first-order valence-electron chi connectivity index (χ1n) is 8.27. The van der Waals surface area contributed by atoms with Crippen molar-refractivity contribution in [2.45, 2.75) is 63.2 Å². The number of hydrogen-bond acceptors (Lipinski definition) is 3. The van der Waals surface area contributed by atoms with Crippen LogP contribution in [0.2, 0.25) is 10.0 Å². The molecule has 136 valence electrons. The van der Waals surface area contributed by atoms with Gasteiger partial charge in [0.2, 0.25) is 0 Å². The Balaban J connectivity index is 2.69. The fourth-order valence-electron chi connectivity index (χ4n) is 2.69. The summed E-state index contributed by atoms with van der Waals surface area (Å²) in [4.78, 5) is 1.32. The van der Waals surface area contributed by atoms with Crippen molar-refractivity contribution >= 4 is 35.0 Å². The van der Waals surface area contributed by atoms with E-state index in [1.807, 2.05) is 53.7 Å². The second kappa shape index (κ2) is 7.69. The summed E-state index contributed by atoms with van der Waals surface area (Å²) in [5, 5.41) is 22.7. The van der Waals surface area contributed by atoms with Gasteiger partial charge in [-0.05, 0) is 60.1 Å². The van der Waals surface area contributed by atoms with E-state index in [0.29, 0.717) is 19.8 Å². The van der Waals surface area contributed by atoms with Crippen LogP contribution in [-0.4, -0.2) is 10.2 Å². The first-order chi connectivity index (χ1) is 11.6. The van der Waals surface area contributed by atoms with Crippen molar-refractivity contribution in [2.24, 2.45) is 0 Å². The van der Waals surface area contributed by atoms with Crippen molar-refractivity contribution < 1.29 is 10.2 Å². The molecule has 0 radical (unpaired) electrons. The molecule has 2 N–H and O–H groups in total. The van der Waals surface area contributed by atoms with E-state index in [1.54, 1.807) is 0 Å². The molecular formula is C20H24Cl2O2S. The second-order valence-electron chi connectivity index (χ2n) is 6.91. The van der Waals surface area contributed by atoms with Crippen LogP contribution in [0.25, 0.3) is 0 Å². The zero-order valence-electron chi connectivity index (χ0n) is 15.4. The summed E-state index contributed by atoms with van der Waals surface area (Å²) in [6.07, 6.45) is 0. The van der Waals surface area contributed by atoms with Gasteiger partial charge in [-0.15, -0.1) is 0 Å². The maximum atomic E-state index is 10.8. The van der Waals surface area contributed by atoms with E-state index in [9.17, 15) is 10.2 Å². The molecule has 2 aromatic carbocycles. The first-order valence-corrected chi connectivity index (χ1v) is 9.85. The molecule has 0 heterocycles. The Labute approximate surface area is 164 Å². The van der Waals surface area contributed by atoms with Crippen LogP contribution < -0.4 is 0 Å². The average Bonchev–Trinajstić information content (AvgIpc) is 2.53. The molecule has 5 heteroatoms. The molecular weight excluding hydrogens is 375 g/mol. The SMILES string of the molecule is Cc1c(Cl)cc(C(C)C)c(O)c1Sc1c(C)c(Cl)cc(C(C)C)c1O. The first kappa shape index (κ1) is 20.3. The van der Waals surface area contributed by atoms with Gasteiger partial charge >= 0.3 is 0 Å². The number of rotatable bonds is 4. The van der Waals surface area contributed by atoms with Gasteiger partial charge in [0, 0.05) is 10.0 Å². The molecule has 0 saturated heterocycles. The molecule has 0 bridgehead atoms. The summed E-state index contributed by atoms with van der Waals surface area (Å²) in [7, 11) is 0. The minimum atomic E-state index is 0.137. The number of phenolic OH excluding ortho intramolecular Hbond substituents is 2. The van der Waals surface area contributed by atoms with Gasteiger partial charge < -0.3 is 10.2 Å². The van der Waals surface area contributed by atoms with Crippen molar-refractivity contribution in [1.29, 1.82) is 0 Å². The molecule has 0 atom stereocenters. The lowest BCUT2D eigenvalue weighted by atomic mass is 10.0. The molecule has 0 saturated carbocycles. The Kier molecular flexibility index (Phi) is 6.24. The van der Waals surface area contributed by atoms with Crippen molar-refractivity contribution in [1.82, 2.24) is 0 Å². The quantitative estimate of drug-likeness (QED) is 0.562. The number of benzene rings is 2. The highest BCUT2D eigenvalue weighted by molar-refractivity contribution is 7.99. The van der Waals surface area contributed by atoms with Gasteiger partial charge in [0.15, 0.2) is 0 Å². The van der Waals surface area contributed by atoms with Crippen LogP contribution in [0.1, 0.15) is 61.8 Å². The fraction of sp³-hybridized carbons (Fsp3) is 0.400. The summed E-state index contributed by atoms with van der Waals surface area (Å²) in [6, 6.07) is 3.62. The van der Waals surface area contributed by atoms with Crippen LogP contribution in [-0.2, 0) is 0 Å². The van der Waals surface area contributed by atoms with Crippen molar-refractivity contribution in [3.8, 4) is 11.5 Å². The predicted octanol–water partition coefficient (Wildman–Crippen LogP) is 7.42. The molecule has 2 rings (SSSR count). The van der Waals surface area contributed by atoms with Crippen LogP contribution in [0, 0.1) is 13.8 Å². The lowest BCUT2D eigenvalue weighted by molar-refractivity contribution is 0.448. The van der Waals surface area contributed by atoms with Crippen molar-refractivity contribution in [3.63, 3.8) is 0 Å². The highest BCUT2D eigenvalue weighted by Crippen LogP contribution is 2.49. The van der Waals surface area contributed by atoms with Crippen LogP contribution in [0.3, 0.4) is 0 Å². The highest BCUT2D eigenvalue weighted by Gasteiger charge is 2.22. The fourth-order valence-corrected chi connectivity index (χ4v) is 4.39. The van der Waals surface area contributed by atoms with Crippen molar-refractivity contribution in [2.75, 3.05) is 0 Å². The third kappa shape index (κ3) is 3.89. The van der Waals surface area contributed by atoms with Crippen LogP contribution in [0.5, 0.6) is 11.5 Å². The van der Waals surface area contributed by atoms with E-state index >= 15 is 0 Å². The Morgan fingerprint density at radius 3 is 1.36 bits per heavy atom. The van der Waals surface area contributed by atoms with E-state index < -0.39 is 0 Å². The predicted molar refractivity (Wildman–Crippen MR) is 108 cm³/mol. The monoisotopic (exact) mass is 398 g/mol. The van der Waals surface area contributed by atoms with Gasteiger partial charge in [0.05, 0.1) is 9.79 Å². The number of phenols is 2. The smallest absolute Gasteiger partial charge is 0.133 e. The van der Waals surface area contributed by atoms with Gasteiger partial charge in [0.25, 0.3) is 0 Å². The maximum absolute atomic E-state index is 10.8. The van der Waals surface area contributed by atoms with Crippen molar-refractivity contribution in [3.05, 3.63) is 44.4 Å². The van der Waals surface area contributed by atoms with E-state index in [4.69, 9.17) is 23.2 Å². The largest absolute Gasteiger partial charge is 0.506 e. The zero-order chi connectivity index (χ0) is 19.0. The number of halogens is 2. The Morgan fingerprint density at radius 2 is 1.08 bits per heavy atom. The van der Waals surface area contributed by atoms with Crippen LogP contribution in [0.15, 0.2) is 21.9 Å². The molecule has 2 aromatic rings. The van der Waals surface area contributed by atoms with Gasteiger partial charge in [-0.1, -0.05) is 62.7 Å². The third-order valence-electron chi connectivity index (χ3n) is 4.39. The highest BCUT2D eigenvalue weighted by atomic mass is 35.5. The molecule has 0 fully saturated rings. The minimum Gasteiger partial charge on any atom is -0.506 e. The Morgan fingerprint density at radius 1 is 0.760 bits per heavy atom. The van der Waals surface area contributed by atoms with E-state index in [1.165, 1.54) is 11.8 Å². The Hall–Kier alpha value is -1.03. The number of aromatic hydroxyl groups is 2. The second-order valence-corrected chi connectivity index (χ2v) is 8.75. The molecule has 0 aliphatic heterocycles. The molecule has 2 nitrogen and oxygen atoms in total. The van der Waals surface area contributed by atoms with E-state index in [0.717, 1.165) is 22.3 Å². The van der Waals surface area contributed by atoms with Crippen LogP contribution >= 0.6 is 35.0 Å². The van der Waals surface area contributed by atoms with Crippen LogP contribution in [0.4, 0.5) is 0 Å². The molecule has 25 heavy (non-hydrogen) atoms. The summed E-state index contributed by atoms with van der Waals surface area (Å²) >= 11 is 14.1. The molecule has 0 unspecified atom stereocenters. The molecule has 0 aliphatic carbocycles. The summed E-state index contributed by atoms with van der Waals surface area (Å²) in [5.41, 5.74) is 3.17.